The molecule has 0 radical (unpaired) electrons. The van der Waals surface area contributed by atoms with Crippen LogP contribution in [0.4, 0.5) is 0 Å². The van der Waals surface area contributed by atoms with E-state index in [4.69, 9.17) is 9.47 Å². The van der Waals surface area contributed by atoms with Gasteiger partial charge in [-0.15, -0.1) is 0 Å². The molecule has 1 heterocycles. The lowest BCUT2D eigenvalue weighted by molar-refractivity contribution is -0.138. The number of ether oxygens (including phenoxy) is 2. The Balaban J connectivity index is 1.95. The Bertz CT molecular complexity index is 667. The van der Waals surface area contributed by atoms with Crippen molar-refractivity contribution >= 4 is 11.8 Å². The van der Waals surface area contributed by atoms with Crippen LogP contribution >= 0.6 is 0 Å². The van der Waals surface area contributed by atoms with Crippen LogP contribution in [0.3, 0.4) is 0 Å². The predicted molar refractivity (Wildman–Crippen MR) is 109 cm³/mol. The Kier molecular flexibility index (Phi) is 8.15. The molecule has 2 rings (SSSR count). The minimum atomic E-state index is -0.127. The first-order chi connectivity index (χ1) is 13.4. The van der Waals surface area contributed by atoms with E-state index in [1.807, 2.05) is 57.7 Å². The molecule has 1 aromatic rings. The van der Waals surface area contributed by atoms with Crippen LogP contribution in [0.1, 0.15) is 59.1 Å². The summed E-state index contributed by atoms with van der Waals surface area (Å²) in [5.74, 6) is 1.59. The van der Waals surface area contributed by atoms with Crippen LogP contribution < -0.4 is 14.8 Å². The Morgan fingerprint density at radius 2 is 1.68 bits per heavy atom. The van der Waals surface area contributed by atoms with Gasteiger partial charge < -0.3 is 19.7 Å². The standard InChI is InChI=1S/C22H34N2O4/c1-6-27-19-9-8-18(14-20(19)28-7-2)16(5)23-21(25)17-10-12-24(13-11-17)22(26)15(3)4/h8-9,14-17H,6-7,10-13H2,1-5H3,(H,23,25). The van der Waals surface area contributed by atoms with Crippen molar-refractivity contribution < 1.29 is 19.1 Å². The highest BCUT2D eigenvalue weighted by Crippen LogP contribution is 2.31. The number of benzene rings is 1. The molecular weight excluding hydrogens is 356 g/mol. The van der Waals surface area contributed by atoms with Gasteiger partial charge in [-0.1, -0.05) is 19.9 Å². The molecule has 0 bridgehead atoms. The lowest BCUT2D eigenvalue weighted by Crippen LogP contribution is -2.44. The maximum atomic E-state index is 12.7. The third-order valence-corrected chi connectivity index (χ3v) is 5.10. The first-order valence-corrected chi connectivity index (χ1v) is 10.4. The molecule has 1 aliphatic rings. The van der Waals surface area contributed by atoms with E-state index in [-0.39, 0.29) is 29.7 Å². The Morgan fingerprint density at radius 1 is 1.07 bits per heavy atom. The van der Waals surface area contributed by atoms with Gasteiger partial charge >= 0.3 is 0 Å². The summed E-state index contributed by atoms with van der Waals surface area (Å²) >= 11 is 0. The lowest BCUT2D eigenvalue weighted by atomic mass is 9.94. The Morgan fingerprint density at radius 3 is 2.25 bits per heavy atom. The van der Waals surface area contributed by atoms with Gasteiger partial charge in [-0.3, -0.25) is 9.59 Å². The molecule has 28 heavy (non-hydrogen) atoms. The van der Waals surface area contributed by atoms with E-state index in [0.29, 0.717) is 50.6 Å². The molecule has 0 aromatic heterocycles. The third-order valence-electron chi connectivity index (χ3n) is 5.10. The molecule has 1 fully saturated rings. The fourth-order valence-electron chi connectivity index (χ4n) is 3.48. The molecule has 1 atom stereocenters. The number of nitrogens with one attached hydrogen (secondary N) is 1. The molecule has 6 heteroatoms. The van der Waals surface area contributed by atoms with Crippen LogP contribution in [0.2, 0.25) is 0 Å². The van der Waals surface area contributed by atoms with Crippen molar-refractivity contribution in [2.45, 2.75) is 53.5 Å². The zero-order valence-corrected chi connectivity index (χ0v) is 17.8. The summed E-state index contributed by atoms with van der Waals surface area (Å²) in [6.07, 6.45) is 1.43. The Labute approximate surface area is 168 Å². The van der Waals surface area contributed by atoms with Gasteiger partial charge in [-0.2, -0.15) is 0 Å². The second-order valence-electron chi connectivity index (χ2n) is 7.56. The monoisotopic (exact) mass is 390 g/mol. The van der Waals surface area contributed by atoms with Crippen molar-refractivity contribution in [3.8, 4) is 11.5 Å². The summed E-state index contributed by atoms with van der Waals surface area (Å²) in [6.45, 7) is 12.1. The topological polar surface area (TPSA) is 67.9 Å². The van der Waals surface area contributed by atoms with Gasteiger partial charge in [0.2, 0.25) is 11.8 Å². The van der Waals surface area contributed by atoms with Crippen LogP contribution in [0.5, 0.6) is 11.5 Å². The largest absolute Gasteiger partial charge is 0.490 e. The van der Waals surface area contributed by atoms with Crippen molar-refractivity contribution in [2.75, 3.05) is 26.3 Å². The normalized spacial score (nSPS) is 16.0. The number of carbonyl (C=O) groups is 2. The first kappa shape index (κ1) is 22.1. The summed E-state index contributed by atoms with van der Waals surface area (Å²) in [5.41, 5.74) is 0.979. The van der Waals surface area contributed by atoms with Crippen molar-refractivity contribution in [1.29, 1.82) is 0 Å². The number of carbonyl (C=O) groups excluding carboxylic acids is 2. The number of hydrogen-bond acceptors (Lipinski definition) is 4. The van der Waals surface area contributed by atoms with E-state index < -0.39 is 0 Å². The molecule has 1 saturated heterocycles. The van der Waals surface area contributed by atoms with Crippen LogP contribution in [0.15, 0.2) is 18.2 Å². The van der Waals surface area contributed by atoms with Crippen molar-refractivity contribution in [3.05, 3.63) is 23.8 Å². The second-order valence-corrected chi connectivity index (χ2v) is 7.56. The number of amides is 2. The van der Waals surface area contributed by atoms with Crippen LogP contribution in [-0.4, -0.2) is 43.0 Å². The van der Waals surface area contributed by atoms with E-state index in [1.54, 1.807) is 0 Å². The highest BCUT2D eigenvalue weighted by Gasteiger charge is 2.29. The highest BCUT2D eigenvalue weighted by atomic mass is 16.5. The maximum Gasteiger partial charge on any atom is 0.225 e. The van der Waals surface area contributed by atoms with E-state index in [9.17, 15) is 9.59 Å². The summed E-state index contributed by atoms with van der Waals surface area (Å²) < 4.78 is 11.3. The van der Waals surface area contributed by atoms with Gasteiger partial charge in [0.05, 0.1) is 19.3 Å². The Hall–Kier alpha value is -2.24. The van der Waals surface area contributed by atoms with Crippen LogP contribution in [-0.2, 0) is 9.59 Å². The summed E-state index contributed by atoms with van der Waals surface area (Å²) in [5, 5.41) is 3.11. The van der Waals surface area contributed by atoms with Gasteiger partial charge in [0, 0.05) is 24.9 Å². The molecule has 0 spiro atoms. The van der Waals surface area contributed by atoms with Crippen LogP contribution in [0, 0.1) is 11.8 Å². The number of hydrogen-bond donors (Lipinski definition) is 1. The van der Waals surface area contributed by atoms with Gasteiger partial charge in [-0.05, 0) is 51.3 Å². The van der Waals surface area contributed by atoms with E-state index >= 15 is 0 Å². The van der Waals surface area contributed by atoms with Crippen molar-refractivity contribution in [2.24, 2.45) is 11.8 Å². The van der Waals surface area contributed by atoms with Crippen LogP contribution in [0.25, 0.3) is 0 Å². The molecule has 2 amide bonds. The van der Waals surface area contributed by atoms with E-state index in [0.717, 1.165) is 5.56 Å². The van der Waals surface area contributed by atoms with Crippen molar-refractivity contribution in [3.63, 3.8) is 0 Å². The number of piperidine rings is 1. The van der Waals surface area contributed by atoms with Gasteiger partial charge in [0.25, 0.3) is 0 Å². The molecule has 0 aliphatic carbocycles. The predicted octanol–water partition coefficient (Wildman–Crippen LogP) is 3.56. The quantitative estimate of drug-likeness (QED) is 0.737. The maximum absolute atomic E-state index is 12.7. The average molecular weight is 391 g/mol. The highest BCUT2D eigenvalue weighted by molar-refractivity contribution is 5.81. The fourth-order valence-corrected chi connectivity index (χ4v) is 3.48. The van der Waals surface area contributed by atoms with E-state index in [1.165, 1.54) is 0 Å². The molecular formula is C22H34N2O4. The first-order valence-electron chi connectivity index (χ1n) is 10.4. The average Bonchev–Trinajstić information content (AvgIpc) is 2.69. The van der Waals surface area contributed by atoms with E-state index in [2.05, 4.69) is 5.32 Å². The molecule has 156 valence electrons. The second kappa shape index (κ2) is 10.3. The molecule has 0 saturated carbocycles. The van der Waals surface area contributed by atoms with Gasteiger partial charge in [0.15, 0.2) is 11.5 Å². The van der Waals surface area contributed by atoms with Gasteiger partial charge in [-0.25, -0.2) is 0 Å². The smallest absolute Gasteiger partial charge is 0.225 e. The molecule has 6 nitrogen and oxygen atoms in total. The number of nitrogens with zero attached hydrogens (tertiary/aromatic N) is 1. The summed E-state index contributed by atoms with van der Waals surface area (Å²) in [4.78, 5) is 26.7. The molecule has 1 aromatic carbocycles. The van der Waals surface area contributed by atoms with Crippen molar-refractivity contribution in [1.82, 2.24) is 10.2 Å². The zero-order chi connectivity index (χ0) is 20.7. The SMILES string of the molecule is CCOc1ccc(C(C)NC(=O)C2CCN(C(=O)C(C)C)CC2)cc1OCC. The summed E-state index contributed by atoms with van der Waals surface area (Å²) in [7, 11) is 0. The molecule has 1 unspecified atom stereocenters. The third kappa shape index (κ3) is 5.63. The minimum Gasteiger partial charge on any atom is -0.490 e. The number of likely N-dealkylation sites (tertiary alicyclic amines) is 1. The molecule has 1 N–H and O–H groups in total. The molecule has 1 aliphatic heterocycles. The minimum absolute atomic E-state index is 0.00425. The summed E-state index contributed by atoms with van der Waals surface area (Å²) in [6, 6.07) is 5.66. The number of rotatable bonds is 8. The fraction of sp³-hybridized carbons (Fsp3) is 0.636. The lowest BCUT2D eigenvalue weighted by Gasteiger charge is -2.33. The zero-order valence-electron chi connectivity index (χ0n) is 17.8. The van der Waals surface area contributed by atoms with Gasteiger partial charge in [0.1, 0.15) is 0 Å².